The Kier molecular flexibility index (Phi) is 3.60. The Morgan fingerprint density at radius 3 is 2.84 bits per heavy atom. The summed E-state index contributed by atoms with van der Waals surface area (Å²) >= 11 is 0. The van der Waals surface area contributed by atoms with Gasteiger partial charge in [-0.1, -0.05) is 29.8 Å². The SMILES string of the molecule is CNC(C1=CCCCC1)c1ccnc2ccccc12. The van der Waals surface area contributed by atoms with Crippen molar-refractivity contribution < 1.29 is 0 Å². The zero-order valence-corrected chi connectivity index (χ0v) is 11.4. The van der Waals surface area contributed by atoms with Crippen molar-refractivity contribution in [2.24, 2.45) is 0 Å². The number of fused-ring (bicyclic) bond motifs is 1. The third kappa shape index (κ3) is 2.41. The van der Waals surface area contributed by atoms with E-state index in [2.05, 4.69) is 47.7 Å². The Morgan fingerprint density at radius 1 is 1.16 bits per heavy atom. The van der Waals surface area contributed by atoms with Crippen molar-refractivity contribution in [3.63, 3.8) is 0 Å². The lowest BCUT2D eigenvalue weighted by molar-refractivity contribution is 0.595. The molecule has 0 aliphatic heterocycles. The molecular formula is C17H20N2. The number of para-hydroxylation sites is 1. The first-order chi connectivity index (χ1) is 9.40. The maximum Gasteiger partial charge on any atom is 0.0705 e. The minimum absolute atomic E-state index is 0.327. The van der Waals surface area contributed by atoms with Crippen molar-refractivity contribution in [2.45, 2.75) is 31.7 Å². The number of hydrogen-bond donors (Lipinski definition) is 1. The molecule has 1 atom stereocenters. The van der Waals surface area contributed by atoms with Crippen LogP contribution in [0.15, 0.2) is 48.2 Å². The molecule has 19 heavy (non-hydrogen) atoms. The van der Waals surface area contributed by atoms with Gasteiger partial charge in [-0.25, -0.2) is 0 Å². The highest BCUT2D eigenvalue weighted by atomic mass is 14.9. The molecule has 2 heteroatoms. The molecule has 0 fully saturated rings. The van der Waals surface area contributed by atoms with Crippen LogP contribution in [0.1, 0.15) is 37.3 Å². The van der Waals surface area contributed by atoms with Crippen LogP contribution in [0.2, 0.25) is 0 Å². The van der Waals surface area contributed by atoms with Gasteiger partial charge in [0.2, 0.25) is 0 Å². The molecule has 1 aliphatic rings. The molecule has 0 saturated carbocycles. The number of aromatic nitrogens is 1. The van der Waals surface area contributed by atoms with Gasteiger partial charge in [0.05, 0.1) is 11.6 Å². The molecule has 98 valence electrons. The average molecular weight is 252 g/mol. The summed E-state index contributed by atoms with van der Waals surface area (Å²) in [4.78, 5) is 4.46. The van der Waals surface area contributed by atoms with Gasteiger partial charge in [-0.3, -0.25) is 4.98 Å². The fourth-order valence-corrected chi connectivity index (χ4v) is 3.04. The summed E-state index contributed by atoms with van der Waals surface area (Å²) in [5, 5.41) is 4.74. The van der Waals surface area contributed by atoms with Crippen molar-refractivity contribution in [1.82, 2.24) is 10.3 Å². The number of allylic oxidation sites excluding steroid dienone is 1. The van der Waals surface area contributed by atoms with E-state index in [9.17, 15) is 0 Å². The smallest absolute Gasteiger partial charge is 0.0705 e. The minimum Gasteiger partial charge on any atom is -0.310 e. The van der Waals surface area contributed by atoms with Gasteiger partial charge in [-0.15, -0.1) is 0 Å². The summed E-state index contributed by atoms with van der Waals surface area (Å²) in [5.41, 5.74) is 3.96. The van der Waals surface area contributed by atoms with Crippen LogP contribution >= 0.6 is 0 Å². The minimum atomic E-state index is 0.327. The van der Waals surface area contributed by atoms with E-state index >= 15 is 0 Å². The zero-order valence-electron chi connectivity index (χ0n) is 11.4. The van der Waals surface area contributed by atoms with Crippen LogP contribution in [0.4, 0.5) is 0 Å². The molecule has 3 rings (SSSR count). The molecule has 0 amide bonds. The standard InChI is InChI=1S/C17H20N2/c1-18-17(13-7-3-2-4-8-13)15-11-12-19-16-10-6-5-9-14(15)16/h5-7,9-12,17-18H,2-4,8H2,1H3. The van der Waals surface area contributed by atoms with Crippen molar-refractivity contribution >= 4 is 10.9 Å². The first-order valence-electron chi connectivity index (χ1n) is 7.10. The third-order valence-electron chi connectivity index (χ3n) is 3.98. The Morgan fingerprint density at radius 2 is 2.05 bits per heavy atom. The van der Waals surface area contributed by atoms with E-state index in [0.29, 0.717) is 6.04 Å². The number of pyridine rings is 1. The molecule has 0 bridgehead atoms. The Labute approximate surface area is 114 Å². The van der Waals surface area contributed by atoms with Crippen LogP contribution in [0, 0.1) is 0 Å². The van der Waals surface area contributed by atoms with Gasteiger partial charge in [-0.05, 0) is 50.4 Å². The second kappa shape index (κ2) is 5.54. The van der Waals surface area contributed by atoms with E-state index in [4.69, 9.17) is 0 Å². The maximum atomic E-state index is 4.46. The van der Waals surface area contributed by atoms with E-state index in [-0.39, 0.29) is 0 Å². The van der Waals surface area contributed by atoms with Crippen molar-refractivity contribution in [3.8, 4) is 0 Å². The highest BCUT2D eigenvalue weighted by molar-refractivity contribution is 5.82. The Balaban J connectivity index is 2.08. The van der Waals surface area contributed by atoms with Crippen LogP contribution in [0.5, 0.6) is 0 Å². The van der Waals surface area contributed by atoms with Gasteiger partial charge in [0.1, 0.15) is 0 Å². The number of benzene rings is 1. The lowest BCUT2D eigenvalue weighted by Gasteiger charge is -2.24. The summed E-state index contributed by atoms with van der Waals surface area (Å²) in [6.07, 6.45) is 9.41. The largest absolute Gasteiger partial charge is 0.310 e. The van der Waals surface area contributed by atoms with Crippen LogP contribution in [-0.2, 0) is 0 Å². The molecule has 1 aliphatic carbocycles. The molecule has 2 aromatic rings. The van der Waals surface area contributed by atoms with Gasteiger partial charge in [0.15, 0.2) is 0 Å². The van der Waals surface area contributed by atoms with Gasteiger partial charge in [-0.2, -0.15) is 0 Å². The Hall–Kier alpha value is -1.67. The Bertz CT molecular complexity index is 596. The number of nitrogens with zero attached hydrogens (tertiary/aromatic N) is 1. The predicted molar refractivity (Wildman–Crippen MR) is 80.1 cm³/mol. The van der Waals surface area contributed by atoms with Crippen LogP contribution in [0.25, 0.3) is 10.9 Å². The van der Waals surface area contributed by atoms with E-state index in [0.717, 1.165) is 5.52 Å². The highest BCUT2D eigenvalue weighted by Gasteiger charge is 2.18. The average Bonchev–Trinajstić information content (AvgIpc) is 2.49. The monoisotopic (exact) mass is 252 g/mol. The van der Waals surface area contributed by atoms with Gasteiger partial charge in [0.25, 0.3) is 0 Å². The number of hydrogen-bond acceptors (Lipinski definition) is 2. The predicted octanol–water partition coefficient (Wildman–Crippen LogP) is 4.00. The van der Waals surface area contributed by atoms with E-state index in [1.807, 2.05) is 12.3 Å². The number of nitrogens with one attached hydrogen (secondary N) is 1. The third-order valence-corrected chi connectivity index (χ3v) is 3.98. The van der Waals surface area contributed by atoms with E-state index in [1.165, 1.54) is 42.2 Å². The normalized spacial score (nSPS) is 17.2. The summed E-state index contributed by atoms with van der Waals surface area (Å²) < 4.78 is 0. The van der Waals surface area contributed by atoms with E-state index in [1.54, 1.807) is 0 Å². The van der Waals surface area contributed by atoms with Gasteiger partial charge < -0.3 is 5.32 Å². The van der Waals surface area contributed by atoms with Gasteiger partial charge in [0, 0.05) is 11.6 Å². The number of rotatable bonds is 3. The fourth-order valence-electron chi connectivity index (χ4n) is 3.04. The molecule has 0 spiro atoms. The van der Waals surface area contributed by atoms with Crippen LogP contribution < -0.4 is 5.32 Å². The molecule has 1 aromatic heterocycles. The molecule has 2 nitrogen and oxygen atoms in total. The lowest BCUT2D eigenvalue weighted by Crippen LogP contribution is -2.20. The molecule has 1 N–H and O–H groups in total. The summed E-state index contributed by atoms with van der Waals surface area (Å²) in [6, 6.07) is 10.9. The maximum absolute atomic E-state index is 4.46. The van der Waals surface area contributed by atoms with Crippen LogP contribution in [-0.4, -0.2) is 12.0 Å². The first kappa shape index (κ1) is 12.4. The molecule has 1 heterocycles. The van der Waals surface area contributed by atoms with Crippen molar-refractivity contribution in [2.75, 3.05) is 7.05 Å². The van der Waals surface area contributed by atoms with Crippen LogP contribution in [0.3, 0.4) is 0 Å². The highest BCUT2D eigenvalue weighted by Crippen LogP contribution is 2.32. The second-order valence-corrected chi connectivity index (χ2v) is 5.16. The molecule has 0 radical (unpaired) electrons. The van der Waals surface area contributed by atoms with Crippen molar-refractivity contribution in [1.29, 1.82) is 0 Å². The molecule has 0 saturated heterocycles. The quantitative estimate of drug-likeness (QED) is 0.835. The summed E-state index contributed by atoms with van der Waals surface area (Å²) in [7, 11) is 2.05. The lowest BCUT2D eigenvalue weighted by atomic mass is 9.88. The van der Waals surface area contributed by atoms with Crippen molar-refractivity contribution in [3.05, 3.63) is 53.7 Å². The summed E-state index contributed by atoms with van der Waals surface area (Å²) in [6.45, 7) is 0. The summed E-state index contributed by atoms with van der Waals surface area (Å²) in [5.74, 6) is 0. The van der Waals surface area contributed by atoms with Gasteiger partial charge >= 0.3 is 0 Å². The molecule has 1 aromatic carbocycles. The molecular weight excluding hydrogens is 232 g/mol. The first-order valence-corrected chi connectivity index (χ1v) is 7.10. The molecule has 1 unspecified atom stereocenters. The second-order valence-electron chi connectivity index (χ2n) is 5.16. The van der Waals surface area contributed by atoms with E-state index < -0.39 is 0 Å². The fraction of sp³-hybridized carbons (Fsp3) is 0.353. The topological polar surface area (TPSA) is 24.9 Å². The zero-order chi connectivity index (χ0) is 13.1. The number of likely N-dealkylation sites (N-methyl/N-ethyl adjacent to an activating group) is 1.